The highest BCUT2D eigenvalue weighted by Crippen LogP contribution is 2.11. The van der Waals surface area contributed by atoms with Crippen LogP contribution in [0.25, 0.3) is 0 Å². The van der Waals surface area contributed by atoms with Gasteiger partial charge in [0.2, 0.25) is 11.9 Å². The molecule has 2 aromatic carbocycles. The molecule has 0 unspecified atom stereocenters. The number of aromatic nitrogens is 2. The summed E-state index contributed by atoms with van der Waals surface area (Å²) in [6.07, 6.45) is 0.335. The van der Waals surface area contributed by atoms with Crippen molar-refractivity contribution in [1.82, 2.24) is 15.3 Å². The predicted octanol–water partition coefficient (Wildman–Crippen LogP) is 3.27. The van der Waals surface area contributed by atoms with Gasteiger partial charge in [-0.3, -0.25) is 4.79 Å². The summed E-state index contributed by atoms with van der Waals surface area (Å²) < 4.78 is 11.2. The molecule has 1 amide bonds. The van der Waals surface area contributed by atoms with Gasteiger partial charge in [0.15, 0.2) is 0 Å². The van der Waals surface area contributed by atoms with E-state index in [1.54, 1.807) is 0 Å². The van der Waals surface area contributed by atoms with E-state index in [9.17, 15) is 4.79 Å². The molecule has 8 nitrogen and oxygen atoms in total. The number of rotatable bonds is 13. The summed E-state index contributed by atoms with van der Waals surface area (Å²) in [7, 11) is 0. The Hall–Kier alpha value is -3.81. The van der Waals surface area contributed by atoms with Crippen LogP contribution in [0.15, 0.2) is 66.7 Å². The Morgan fingerprint density at radius 2 is 1.44 bits per heavy atom. The predicted molar refractivity (Wildman–Crippen MR) is 125 cm³/mol. The first-order valence-electron chi connectivity index (χ1n) is 10.6. The van der Waals surface area contributed by atoms with Crippen molar-refractivity contribution >= 4 is 17.7 Å². The number of para-hydroxylation sites is 2. The monoisotopic (exact) mass is 435 g/mol. The minimum absolute atomic E-state index is 0.0450. The van der Waals surface area contributed by atoms with Gasteiger partial charge in [0.1, 0.15) is 30.5 Å². The second-order valence-electron chi connectivity index (χ2n) is 6.99. The van der Waals surface area contributed by atoms with Gasteiger partial charge in [-0.05, 0) is 31.2 Å². The summed E-state index contributed by atoms with van der Waals surface area (Å²) in [4.78, 5) is 20.8. The van der Waals surface area contributed by atoms with Gasteiger partial charge in [0.25, 0.3) is 0 Å². The first-order valence-corrected chi connectivity index (χ1v) is 10.6. The third-order valence-electron chi connectivity index (χ3n) is 4.35. The van der Waals surface area contributed by atoms with Crippen LogP contribution < -0.4 is 25.4 Å². The van der Waals surface area contributed by atoms with Crippen molar-refractivity contribution in [3.05, 3.63) is 72.4 Å². The molecule has 0 radical (unpaired) electrons. The molecule has 168 valence electrons. The van der Waals surface area contributed by atoms with Crippen molar-refractivity contribution in [2.24, 2.45) is 0 Å². The molecule has 0 spiro atoms. The Labute approximate surface area is 188 Å². The van der Waals surface area contributed by atoms with Crippen molar-refractivity contribution in [3.63, 3.8) is 0 Å². The number of nitrogens with one attached hydrogen (secondary N) is 3. The smallest absolute Gasteiger partial charge is 0.224 e. The summed E-state index contributed by atoms with van der Waals surface area (Å²) >= 11 is 0. The maximum absolute atomic E-state index is 12.0. The number of amides is 1. The Balaban J connectivity index is 1.32. The molecule has 0 saturated heterocycles. The first-order chi connectivity index (χ1) is 15.7. The maximum Gasteiger partial charge on any atom is 0.224 e. The fraction of sp³-hybridized carbons (Fsp3) is 0.292. The highest BCUT2D eigenvalue weighted by Gasteiger charge is 2.05. The Bertz CT molecular complexity index is 954. The SMILES string of the molecule is Cc1cc(NCCC(=O)NCCOc2ccccc2)nc(NCCOc2ccccc2)n1. The zero-order chi connectivity index (χ0) is 22.4. The Morgan fingerprint density at radius 1 is 0.812 bits per heavy atom. The van der Waals surface area contributed by atoms with E-state index in [-0.39, 0.29) is 5.91 Å². The highest BCUT2D eigenvalue weighted by atomic mass is 16.5. The van der Waals surface area contributed by atoms with Crippen LogP contribution >= 0.6 is 0 Å². The molecule has 3 rings (SSSR count). The summed E-state index contributed by atoms with van der Waals surface area (Å²) in [5.74, 6) is 2.76. The first kappa shape index (κ1) is 22.9. The zero-order valence-corrected chi connectivity index (χ0v) is 18.2. The van der Waals surface area contributed by atoms with Crippen molar-refractivity contribution in [1.29, 1.82) is 0 Å². The molecule has 0 aliphatic rings. The third kappa shape index (κ3) is 8.51. The van der Waals surface area contributed by atoms with E-state index < -0.39 is 0 Å². The number of benzene rings is 2. The van der Waals surface area contributed by atoms with Crippen molar-refractivity contribution in [3.8, 4) is 11.5 Å². The lowest BCUT2D eigenvalue weighted by molar-refractivity contribution is -0.120. The molecule has 3 aromatic rings. The van der Waals surface area contributed by atoms with E-state index in [2.05, 4.69) is 25.9 Å². The number of carbonyl (C=O) groups is 1. The number of anilines is 2. The average Bonchev–Trinajstić information content (AvgIpc) is 2.81. The molecule has 0 bridgehead atoms. The van der Waals surface area contributed by atoms with Crippen LogP contribution in [0.3, 0.4) is 0 Å². The maximum atomic E-state index is 12.0. The molecular weight excluding hydrogens is 406 g/mol. The van der Waals surface area contributed by atoms with Gasteiger partial charge in [0.05, 0.1) is 13.1 Å². The average molecular weight is 436 g/mol. The van der Waals surface area contributed by atoms with Gasteiger partial charge in [-0.2, -0.15) is 4.98 Å². The largest absolute Gasteiger partial charge is 0.492 e. The topological polar surface area (TPSA) is 97.4 Å². The number of carbonyl (C=O) groups excluding carboxylic acids is 1. The third-order valence-corrected chi connectivity index (χ3v) is 4.35. The number of nitrogens with zero attached hydrogens (tertiary/aromatic N) is 2. The molecule has 0 atom stereocenters. The summed E-state index contributed by atoms with van der Waals surface area (Å²) in [6, 6.07) is 21.0. The van der Waals surface area contributed by atoms with E-state index >= 15 is 0 Å². The van der Waals surface area contributed by atoms with Gasteiger partial charge in [-0.25, -0.2) is 4.98 Å². The molecule has 0 saturated carbocycles. The molecule has 3 N–H and O–H groups in total. The fourth-order valence-corrected chi connectivity index (χ4v) is 2.86. The van der Waals surface area contributed by atoms with E-state index in [0.717, 1.165) is 17.2 Å². The van der Waals surface area contributed by atoms with Gasteiger partial charge >= 0.3 is 0 Å². The fourth-order valence-electron chi connectivity index (χ4n) is 2.86. The molecule has 8 heteroatoms. The zero-order valence-electron chi connectivity index (χ0n) is 18.2. The molecule has 0 aliphatic carbocycles. The second-order valence-corrected chi connectivity index (χ2v) is 6.99. The number of ether oxygens (including phenoxy) is 2. The van der Waals surface area contributed by atoms with Gasteiger partial charge in [-0.1, -0.05) is 36.4 Å². The number of hydrogen-bond donors (Lipinski definition) is 3. The van der Waals surface area contributed by atoms with Crippen molar-refractivity contribution in [2.75, 3.05) is 43.5 Å². The lowest BCUT2D eigenvalue weighted by Crippen LogP contribution is -2.29. The van der Waals surface area contributed by atoms with Crippen LogP contribution in [0.5, 0.6) is 11.5 Å². The molecule has 0 fully saturated rings. The van der Waals surface area contributed by atoms with Crippen LogP contribution in [0.2, 0.25) is 0 Å². The van der Waals surface area contributed by atoms with Crippen molar-refractivity contribution in [2.45, 2.75) is 13.3 Å². The number of hydrogen-bond acceptors (Lipinski definition) is 7. The van der Waals surface area contributed by atoms with Gasteiger partial charge in [-0.15, -0.1) is 0 Å². The molecule has 1 aromatic heterocycles. The van der Waals surface area contributed by atoms with Crippen LogP contribution in [0, 0.1) is 6.92 Å². The standard InChI is InChI=1S/C24H29N5O3/c1-19-18-22(29-24(28-19)27-15-17-32-21-10-6-3-7-11-21)25-13-12-23(30)26-14-16-31-20-8-4-2-5-9-20/h2-11,18H,12-17H2,1H3,(H,26,30)(H2,25,27,28,29). The minimum Gasteiger partial charge on any atom is -0.492 e. The van der Waals surface area contributed by atoms with Crippen LogP contribution in [-0.2, 0) is 4.79 Å². The second kappa shape index (κ2) is 12.8. The van der Waals surface area contributed by atoms with Crippen LogP contribution in [-0.4, -0.2) is 48.7 Å². The molecule has 32 heavy (non-hydrogen) atoms. The van der Waals surface area contributed by atoms with Crippen molar-refractivity contribution < 1.29 is 14.3 Å². The van der Waals surface area contributed by atoms with Crippen LogP contribution in [0.4, 0.5) is 11.8 Å². The lowest BCUT2D eigenvalue weighted by atomic mass is 10.3. The Morgan fingerprint density at radius 3 is 2.09 bits per heavy atom. The summed E-state index contributed by atoms with van der Waals surface area (Å²) in [5.41, 5.74) is 0.830. The van der Waals surface area contributed by atoms with E-state index in [4.69, 9.17) is 9.47 Å². The summed E-state index contributed by atoms with van der Waals surface area (Å²) in [6.45, 7) is 4.33. The summed E-state index contributed by atoms with van der Waals surface area (Å²) in [5, 5.41) is 9.18. The quantitative estimate of drug-likeness (QED) is 0.355. The minimum atomic E-state index is -0.0450. The van der Waals surface area contributed by atoms with E-state index in [1.807, 2.05) is 73.7 Å². The Kier molecular flexibility index (Phi) is 9.14. The molecule has 0 aliphatic heterocycles. The van der Waals surface area contributed by atoms with E-state index in [1.165, 1.54) is 0 Å². The normalized spacial score (nSPS) is 10.3. The van der Waals surface area contributed by atoms with E-state index in [0.29, 0.717) is 51.0 Å². The van der Waals surface area contributed by atoms with Crippen LogP contribution in [0.1, 0.15) is 12.1 Å². The number of aryl methyl sites for hydroxylation is 1. The highest BCUT2D eigenvalue weighted by molar-refractivity contribution is 5.76. The van der Waals surface area contributed by atoms with Gasteiger partial charge in [0, 0.05) is 24.7 Å². The lowest BCUT2D eigenvalue weighted by Gasteiger charge is -2.11. The molecule has 1 heterocycles. The van der Waals surface area contributed by atoms with Gasteiger partial charge < -0.3 is 25.4 Å². The molecular formula is C24H29N5O3.